The summed E-state index contributed by atoms with van der Waals surface area (Å²) in [5, 5.41) is 4.31. The fourth-order valence-corrected chi connectivity index (χ4v) is 4.33. The van der Waals surface area contributed by atoms with Gasteiger partial charge >= 0.3 is 0 Å². The van der Waals surface area contributed by atoms with Crippen LogP contribution in [0.15, 0.2) is 28.8 Å². The van der Waals surface area contributed by atoms with Crippen LogP contribution >= 0.6 is 12.4 Å². The van der Waals surface area contributed by atoms with Crippen LogP contribution in [-0.2, 0) is 19.3 Å². The average molecular weight is 408 g/mol. The van der Waals surface area contributed by atoms with Crippen LogP contribution in [0.25, 0.3) is 0 Å². The van der Waals surface area contributed by atoms with Crippen LogP contribution in [0.3, 0.4) is 0 Å². The number of hydrogen-bond donors (Lipinski definition) is 0. The molecule has 0 bridgehead atoms. The molecule has 2 aliphatic rings. The molecule has 0 atom stereocenters. The molecule has 1 aromatic heterocycles. The zero-order valence-corrected chi connectivity index (χ0v) is 17.4. The predicted molar refractivity (Wildman–Crippen MR) is 113 cm³/mol. The number of rotatable bonds is 6. The number of hydrogen-bond acceptors (Lipinski definition) is 4. The predicted octanol–water partition coefficient (Wildman–Crippen LogP) is 4.65. The van der Waals surface area contributed by atoms with Gasteiger partial charge in [-0.1, -0.05) is 11.6 Å². The van der Waals surface area contributed by atoms with Crippen LogP contribution in [0.5, 0.6) is 0 Å². The lowest BCUT2D eigenvalue weighted by Gasteiger charge is -2.36. The van der Waals surface area contributed by atoms with Gasteiger partial charge in [-0.3, -0.25) is 4.90 Å². The Morgan fingerprint density at radius 1 is 0.929 bits per heavy atom. The molecule has 0 amide bonds. The largest absolute Gasteiger partial charge is 0.369 e. The molecule has 1 aliphatic heterocycles. The molecule has 0 spiro atoms. The molecule has 0 saturated carbocycles. The summed E-state index contributed by atoms with van der Waals surface area (Å²) >= 11 is 0. The van der Waals surface area contributed by atoms with Gasteiger partial charge in [-0.05, 0) is 69.3 Å². The van der Waals surface area contributed by atoms with Gasteiger partial charge in [-0.2, -0.15) is 0 Å². The molecule has 0 unspecified atom stereocenters. The van der Waals surface area contributed by atoms with Crippen molar-refractivity contribution in [3.63, 3.8) is 0 Å². The first-order valence-corrected chi connectivity index (χ1v) is 10.5. The smallest absolute Gasteiger partial charge is 0.140 e. The van der Waals surface area contributed by atoms with Gasteiger partial charge in [0.15, 0.2) is 0 Å². The number of aryl methyl sites for hydroxylation is 2. The van der Waals surface area contributed by atoms with Crippen LogP contribution in [-0.4, -0.2) is 42.8 Å². The molecule has 1 saturated heterocycles. The number of nitrogens with zero attached hydrogens (tertiary/aromatic N) is 3. The summed E-state index contributed by atoms with van der Waals surface area (Å²) in [6.45, 7) is 5.33. The highest BCUT2D eigenvalue weighted by Gasteiger charge is 2.19. The summed E-state index contributed by atoms with van der Waals surface area (Å²) in [5.41, 5.74) is 3.77. The van der Waals surface area contributed by atoms with Gasteiger partial charge in [0.05, 0.1) is 5.69 Å². The van der Waals surface area contributed by atoms with Crippen LogP contribution in [0.4, 0.5) is 10.1 Å². The summed E-state index contributed by atoms with van der Waals surface area (Å²) in [6.07, 6.45) is 9.49. The summed E-state index contributed by atoms with van der Waals surface area (Å²) in [4.78, 5) is 4.89. The SMILES string of the molecule is Cl.Fc1ccc(N2CCN(CCCCc3onc4c3CCCCC4)CC2)cc1. The molecule has 2 aromatic rings. The Labute approximate surface area is 173 Å². The molecule has 1 aromatic carbocycles. The zero-order chi connectivity index (χ0) is 18.5. The maximum atomic E-state index is 13.1. The fraction of sp³-hybridized carbons (Fsp3) is 0.591. The van der Waals surface area contributed by atoms with E-state index in [1.54, 1.807) is 12.1 Å². The standard InChI is InChI=1S/C22H30FN3O.ClH/c23-18-9-11-19(12-10-18)26-16-14-25(15-17-26)13-5-4-8-22-20-6-2-1-3-7-21(20)24-27-22;/h9-12H,1-8,13-17H2;1H. The maximum Gasteiger partial charge on any atom is 0.140 e. The molecule has 0 N–H and O–H groups in total. The third-order valence-electron chi connectivity index (χ3n) is 5.98. The van der Waals surface area contributed by atoms with Crippen LogP contribution in [0.2, 0.25) is 0 Å². The zero-order valence-electron chi connectivity index (χ0n) is 16.5. The Morgan fingerprint density at radius 3 is 2.46 bits per heavy atom. The van der Waals surface area contributed by atoms with Crippen LogP contribution in [0, 0.1) is 5.82 Å². The van der Waals surface area contributed by atoms with E-state index in [0.29, 0.717) is 0 Å². The third kappa shape index (κ3) is 5.26. The highest BCUT2D eigenvalue weighted by Crippen LogP contribution is 2.24. The number of halogens is 2. The normalized spacial score (nSPS) is 17.7. The number of anilines is 1. The highest BCUT2D eigenvalue weighted by atomic mass is 35.5. The molecule has 154 valence electrons. The van der Waals surface area contributed by atoms with Crippen molar-refractivity contribution in [3.8, 4) is 0 Å². The number of fused-ring (bicyclic) bond motifs is 1. The lowest BCUT2D eigenvalue weighted by atomic mass is 10.0. The Bertz CT molecular complexity index is 726. The first-order valence-electron chi connectivity index (χ1n) is 10.5. The molecule has 1 fully saturated rings. The van der Waals surface area contributed by atoms with Gasteiger partial charge < -0.3 is 9.42 Å². The number of unbranched alkanes of at least 4 members (excludes halogenated alkanes) is 1. The molecule has 6 heteroatoms. The van der Waals surface area contributed by atoms with Crippen molar-refractivity contribution in [2.24, 2.45) is 0 Å². The van der Waals surface area contributed by atoms with Gasteiger partial charge in [0.25, 0.3) is 0 Å². The quantitative estimate of drug-likeness (QED) is 0.515. The van der Waals surface area contributed by atoms with Crippen molar-refractivity contribution >= 4 is 18.1 Å². The van der Waals surface area contributed by atoms with Crippen LogP contribution in [0.1, 0.15) is 49.1 Å². The van der Waals surface area contributed by atoms with E-state index in [-0.39, 0.29) is 18.2 Å². The Balaban J connectivity index is 0.00000225. The average Bonchev–Trinajstić information content (AvgIpc) is 2.93. The molecule has 0 radical (unpaired) electrons. The monoisotopic (exact) mass is 407 g/mol. The molecule has 1 aliphatic carbocycles. The first-order chi connectivity index (χ1) is 13.3. The van der Waals surface area contributed by atoms with Gasteiger partial charge in [0.2, 0.25) is 0 Å². The maximum absolute atomic E-state index is 13.1. The van der Waals surface area contributed by atoms with E-state index < -0.39 is 0 Å². The van der Waals surface area contributed by atoms with Crippen LogP contribution < -0.4 is 4.90 Å². The van der Waals surface area contributed by atoms with E-state index in [4.69, 9.17) is 4.52 Å². The van der Waals surface area contributed by atoms with E-state index in [9.17, 15) is 4.39 Å². The van der Waals surface area contributed by atoms with Gasteiger partial charge in [0.1, 0.15) is 11.6 Å². The number of aromatic nitrogens is 1. The molecular weight excluding hydrogens is 377 g/mol. The Kier molecular flexibility index (Phi) is 7.74. The van der Waals surface area contributed by atoms with Crippen molar-refractivity contribution in [2.45, 2.75) is 51.4 Å². The second-order valence-corrected chi connectivity index (χ2v) is 7.85. The molecule has 4 rings (SSSR count). The van der Waals surface area contributed by atoms with Crippen molar-refractivity contribution in [1.29, 1.82) is 0 Å². The summed E-state index contributed by atoms with van der Waals surface area (Å²) in [5.74, 6) is 0.981. The van der Waals surface area contributed by atoms with Crippen molar-refractivity contribution in [2.75, 3.05) is 37.6 Å². The lowest BCUT2D eigenvalue weighted by molar-refractivity contribution is 0.251. The van der Waals surface area contributed by atoms with Gasteiger partial charge in [0, 0.05) is 43.9 Å². The third-order valence-corrected chi connectivity index (χ3v) is 5.98. The van der Waals surface area contributed by atoms with E-state index in [2.05, 4.69) is 15.0 Å². The van der Waals surface area contributed by atoms with Gasteiger partial charge in [-0.25, -0.2) is 4.39 Å². The van der Waals surface area contributed by atoms with E-state index in [1.165, 1.54) is 43.4 Å². The molecular formula is C22H31ClFN3O. The Hall–Kier alpha value is -1.59. The minimum Gasteiger partial charge on any atom is -0.369 e. The number of benzene rings is 1. The van der Waals surface area contributed by atoms with E-state index in [1.807, 2.05) is 12.1 Å². The molecule has 4 nitrogen and oxygen atoms in total. The van der Waals surface area contributed by atoms with E-state index in [0.717, 1.165) is 63.4 Å². The number of piperazine rings is 1. The minimum absolute atomic E-state index is 0. The van der Waals surface area contributed by atoms with Crippen molar-refractivity contribution < 1.29 is 8.91 Å². The molecule has 2 heterocycles. The molecule has 28 heavy (non-hydrogen) atoms. The minimum atomic E-state index is -0.166. The summed E-state index contributed by atoms with van der Waals surface area (Å²) in [7, 11) is 0. The topological polar surface area (TPSA) is 32.5 Å². The first kappa shape index (κ1) is 21.1. The fourth-order valence-electron chi connectivity index (χ4n) is 4.33. The lowest BCUT2D eigenvalue weighted by Crippen LogP contribution is -2.46. The second-order valence-electron chi connectivity index (χ2n) is 7.85. The summed E-state index contributed by atoms with van der Waals surface area (Å²) < 4.78 is 18.7. The van der Waals surface area contributed by atoms with Gasteiger partial charge in [-0.15, -0.1) is 12.4 Å². The van der Waals surface area contributed by atoms with E-state index >= 15 is 0 Å². The second kappa shape index (κ2) is 10.3. The summed E-state index contributed by atoms with van der Waals surface area (Å²) in [6, 6.07) is 6.86. The van der Waals surface area contributed by atoms with Crippen molar-refractivity contribution in [1.82, 2.24) is 10.1 Å². The van der Waals surface area contributed by atoms with Crippen molar-refractivity contribution in [3.05, 3.63) is 47.1 Å². The Morgan fingerprint density at radius 2 is 1.68 bits per heavy atom. The highest BCUT2D eigenvalue weighted by molar-refractivity contribution is 5.85.